The predicted octanol–water partition coefficient (Wildman–Crippen LogP) is 4.81. The number of rotatable bonds is 2. The van der Waals surface area contributed by atoms with Gasteiger partial charge in [0.15, 0.2) is 0 Å². The van der Waals surface area contributed by atoms with Gasteiger partial charge in [0.1, 0.15) is 23.3 Å². The molecule has 3 nitrogen and oxygen atoms in total. The normalized spacial score (nSPS) is 11.8. The molecule has 0 unspecified atom stereocenters. The number of halogens is 6. The van der Waals surface area contributed by atoms with Gasteiger partial charge in [-0.15, -0.1) is 0 Å². The van der Waals surface area contributed by atoms with Gasteiger partial charge in [0.2, 0.25) is 5.82 Å². The van der Waals surface area contributed by atoms with E-state index < -0.39 is 41.0 Å². The van der Waals surface area contributed by atoms with E-state index in [0.29, 0.717) is 0 Å². The molecule has 0 fully saturated rings. The lowest BCUT2D eigenvalue weighted by molar-refractivity contribution is -0.144. The SMILES string of the molecule is Fc1ccc(F)c(Nc2nc(C(F)(F)F)nc3ccc(F)cc23)c1. The maximum absolute atomic E-state index is 13.7. The molecule has 0 saturated carbocycles. The number of hydrogen-bond donors (Lipinski definition) is 1. The van der Waals surface area contributed by atoms with Crippen molar-refractivity contribution in [2.24, 2.45) is 0 Å². The largest absolute Gasteiger partial charge is 0.451 e. The molecule has 3 aromatic rings. The Labute approximate surface area is 131 Å². The van der Waals surface area contributed by atoms with Crippen LogP contribution >= 0.6 is 0 Å². The van der Waals surface area contributed by atoms with Gasteiger partial charge in [0, 0.05) is 11.5 Å². The van der Waals surface area contributed by atoms with Crippen LogP contribution in [0.4, 0.5) is 37.8 Å². The molecule has 0 atom stereocenters. The molecule has 1 heterocycles. The van der Waals surface area contributed by atoms with Crippen LogP contribution in [0.15, 0.2) is 36.4 Å². The molecular weight excluding hydrogens is 336 g/mol. The number of aromatic nitrogens is 2. The van der Waals surface area contributed by atoms with Crippen molar-refractivity contribution >= 4 is 22.4 Å². The van der Waals surface area contributed by atoms with E-state index in [9.17, 15) is 26.3 Å². The lowest BCUT2D eigenvalue weighted by Crippen LogP contribution is -2.13. The van der Waals surface area contributed by atoms with E-state index in [-0.39, 0.29) is 10.9 Å². The average molecular weight is 343 g/mol. The fourth-order valence-corrected chi connectivity index (χ4v) is 2.04. The van der Waals surface area contributed by atoms with Gasteiger partial charge in [-0.25, -0.2) is 23.1 Å². The minimum atomic E-state index is -4.86. The smallest absolute Gasteiger partial charge is 0.337 e. The second-order valence-electron chi connectivity index (χ2n) is 4.80. The van der Waals surface area contributed by atoms with Gasteiger partial charge in [0.05, 0.1) is 11.2 Å². The lowest BCUT2D eigenvalue weighted by Gasteiger charge is -2.13. The molecule has 0 aliphatic carbocycles. The Morgan fingerprint density at radius 2 is 1.50 bits per heavy atom. The van der Waals surface area contributed by atoms with E-state index >= 15 is 0 Å². The Morgan fingerprint density at radius 1 is 0.833 bits per heavy atom. The van der Waals surface area contributed by atoms with Crippen molar-refractivity contribution < 1.29 is 26.3 Å². The fourth-order valence-electron chi connectivity index (χ4n) is 2.04. The third kappa shape index (κ3) is 3.10. The summed E-state index contributed by atoms with van der Waals surface area (Å²) in [5.41, 5.74) is -0.634. The van der Waals surface area contributed by atoms with E-state index in [1.54, 1.807) is 0 Å². The molecule has 0 saturated heterocycles. The number of nitrogens with zero attached hydrogens (tertiary/aromatic N) is 2. The zero-order chi connectivity index (χ0) is 17.5. The van der Waals surface area contributed by atoms with Gasteiger partial charge in [-0.2, -0.15) is 13.2 Å². The van der Waals surface area contributed by atoms with Crippen LogP contribution in [0.5, 0.6) is 0 Å². The monoisotopic (exact) mass is 343 g/mol. The van der Waals surface area contributed by atoms with Crippen LogP contribution < -0.4 is 5.32 Å². The standard InChI is InChI=1S/C15H7F6N3/c16-7-2-4-11-9(5-7)13(24-14(23-11)15(19,20)21)22-12-6-8(17)1-3-10(12)18/h1-6H,(H,22,23,24). The van der Waals surface area contributed by atoms with E-state index in [2.05, 4.69) is 15.3 Å². The number of nitrogens with one attached hydrogen (secondary N) is 1. The second-order valence-corrected chi connectivity index (χ2v) is 4.80. The quantitative estimate of drug-likeness (QED) is 0.679. The van der Waals surface area contributed by atoms with Gasteiger partial charge >= 0.3 is 6.18 Å². The highest BCUT2D eigenvalue weighted by atomic mass is 19.4. The lowest BCUT2D eigenvalue weighted by atomic mass is 10.2. The molecule has 1 N–H and O–H groups in total. The first kappa shape index (κ1) is 16.0. The second kappa shape index (κ2) is 5.66. The maximum atomic E-state index is 13.7. The van der Waals surface area contributed by atoms with Gasteiger partial charge < -0.3 is 5.32 Å². The molecule has 0 amide bonds. The Kier molecular flexibility index (Phi) is 3.78. The molecule has 2 aromatic carbocycles. The molecule has 0 radical (unpaired) electrons. The Balaban J connectivity index is 2.20. The summed E-state index contributed by atoms with van der Waals surface area (Å²) in [6.07, 6.45) is -4.86. The highest BCUT2D eigenvalue weighted by Gasteiger charge is 2.35. The Bertz CT molecular complexity index is 923. The van der Waals surface area contributed by atoms with Crippen LogP contribution in [0, 0.1) is 17.5 Å². The minimum absolute atomic E-state index is 0.105. The van der Waals surface area contributed by atoms with E-state index in [1.165, 1.54) is 0 Å². The third-order valence-corrected chi connectivity index (χ3v) is 3.09. The fraction of sp³-hybridized carbons (Fsp3) is 0.0667. The summed E-state index contributed by atoms with van der Waals surface area (Å²) >= 11 is 0. The van der Waals surface area contributed by atoms with E-state index in [1.807, 2.05) is 0 Å². The number of fused-ring (bicyclic) bond motifs is 1. The molecule has 1 aromatic heterocycles. The number of benzene rings is 2. The van der Waals surface area contributed by atoms with Crippen molar-refractivity contribution in [3.8, 4) is 0 Å². The Hall–Kier alpha value is -2.84. The highest BCUT2D eigenvalue weighted by molar-refractivity contribution is 5.91. The first-order valence-corrected chi connectivity index (χ1v) is 6.50. The van der Waals surface area contributed by atoms with Crippen molar-refractivity contribution in [1.29, 1.82) is 0 Å². The maximum Gasteiger partial charge on any atom is 0.451 e. The first-order valence-electron chi connectivity index (χ1n) is 6.50. The van der Waals surface area contributed by atoms with Crippen LogP contribution in [0.3, 0.4) is 0 Å². The van der Waals surface area contributed by atoms with E-state index in [0.717, 1.165) is 36.4 Å². The molecular formula is C15H7F6N3. The summed E-state index contributed by atoms with van der Waals surface area (Å²) < 4.78 is 79.0. The van der Waals surface area contributed by atoms with Crippen molar-refractivity contribution in [2.45, 2.75) is 6.18 Å². The minimum Gasteiger partial charge on any atom is -0.337 e. The number of hydrogen-bond acceptors (Lipinski definition) is 3. The van der Waals surface area contributed by atoms with Crippen molar-refractivity contribution in [3.05, 3.63) is 59.7 Å². The molecule has 0 spiro atoms. The molecule has 24 heavy (non-hydrogen) atoms. The van der Waals surface area contributed by atoms with Crippen LogP contribution in [0.25, 0.3) is 10.9 Å². The summed E-state index contributed by atoms with van der Waals surface area (Å²) in [7, 11) is 0. The Morgan fingerprint density at radius 3 is 2.21 bits per heavy atom. The molecule has 124 valence electrons. The van der Waals surface area contributed by atoms with Gasteiger partial charge in [0.25, 0.3) is 0 Å². The number of anilines is 2. The molecule has 0 bridgehead atoms. The summed E-state index contributed by atoms with van der Waals surface area (Å²) in [5, 5.41) is 2.16. The third-order valence-electron chi connectivity index (χ3n) is 3.09. The summed E-state index contributed by atoms with van der Waals surface area (Å²) in [6.45, 7) is 0. The van der Waals surface area contributed by atoms with Crippen LogP contribution in [-0.2, 0) is 6.18 Å². The highest BCUT2D eigenvalue weighted by Crippen LogP contribution is 2.32. The average Bonchev–Trinajstić information content (AvgIpc) is 2.50. The summed E-state index contributed by atoms with van der Waals surface area (Å²) in [4.78, 5) is 6.60. The van der Waals surface area contributed by atoms with Gasteiger partial charge in [-0.05, 0) is 30.3 Å². The molecule has 9 heteroatoms. The molecule has 3 rings (SSSR count). The number of alkyl halides is 3. The van der Waals surface area contributed by atoms with Crippen LogP contribution in [0.2, 0.25) is 0 Å². The van der Waals surface area contributed by atoms with Gasteiger partial charge in [-0.3, -0.25) is 0 Å². The topological polar surface area (TPSA) is 37.8 Å². The zero-order valence-corrected chi connectivity index (χ0v) is 11.6. The van der Waals surface area contributed by atoms with Crippen molar-refractivity contribution in [2.75, 3.05) is 5.32 Å². The zero-order valence-electron chi connectivity index (χ0n) is 11.6. The van der Waals surface area contributed by atoms with Crippen LogP contribution in [0.1, 0.15) is 5.82 Å². The molecule has 0 aliphatic rings. The first-order chi connectivity index (χ1) is 11.2. The van der Waals surface area contributed by atoms with E-state index in [4.69, 9.17) is 0 Å². The molecule has 0 aliphatic heterocycles. The predicted molar refractivity (Wildman–Crippen MR) is 74.1 cm³/mol. The van der Waals surface area contributed by atoms with Crippen molar-refractivity contribution in [1.82, 2.24) is 9.97 Å². The summed E-state index contributed by atoms with van der Waals surface area (Å²) in [5.74, 6) is -4.43. The van der Waals surface area contributed by atoms with Crippen molar-refractivity contribution in [3.63, 3.8) is 0 Å². The van der Waals surface area contributed by atoms with Crippen LogP contribution in [-0.4, -0.2) is 9.97 Å². The van der Waals surface area contributed by atoms with Gasteiger partial charge in [-0.1, -0.05) is 0 Å². The summed E-state index contributed by atoms with van der Waals surface area (Å²) in [6, 6.07) is 5.26.